The van der Waals surface area contributed by atoms with Gasteiger partial charge in [-0.15, -0.1) is 0 Å². The minimum Gasteiger partial charge on any atom is -0.366 e. The molecule has 0 bridgehead atoms. The Kier molecular flexibility index (Phi) is 5.51. The molecule has 26 heavy (non-hydrogen) atoms. The first-order valence-corrected chi connectivity index (χ1v) is 8.65. The number of carbonyl (C=O) groups excluding carboxylic acids is 2. The number of amides is 2. The molecule has 0 radical (unpaired) electrons. The summed E-state index contributed by atoms with van der Waals surface area (Å²) >= 11 is 0. The van der Waals surface area contributed by atoms with Crippen LogP contribution in [0.5, 0.6) is 0 Å². The number of piperazine rings is 1. The molecule has 0 unspecified atom stereocenters. The van der Waals surface area contributed by atoms with Crippen molar-refractivity contribution in [2.24, 2.45) is 0 Å². The highest BCUT2D eigenvalue weighted by Gasteiger charge is 2.25. The highest BCUT2D eigenvalue weighted by Crippen LogP contribution is 2.20. The van der Waals surface area contributed by atoms with Crippen molar-refractivity contribution >= 4 is 23.2 Å². The number of hydrogen-bond donors (Lipinski definition) is 0. The van der Waals surface area contributed by atoms with Crippen LogP contribution in [0.15, 0.2) is 54.6 Å². The van der Waals surface area contributed by atoms with Gasteiger partial charge in [0.2, 0.25) is 11.8 Å². The Hall–Kier alpha value is -2.89. The molecule has 136 valence electrons. The monoisotopic (exact) mass is 355 g/mol. The number of benzene rings is 2. The topological polar surface area (TPSA) is 43.9 Å². The average Bonchev–Trinajstić information content (AvgIpc) is 2.68. The number of rotatable bonds is 4. The van der Waals surface area contributed by atoms with Gasteiger partial charge in [-0.05, 0) is 24.3 Å². The molecule has 1 fully saturated rings. The minimum absolute atomic E-state index is 0.162. The quantitative estimate of drug-likeness (QED) is 0.792. The smallest absolute Gasteiger partial charge is 0.236 e. The van der Waals surface area contributed by atoms with Crippen LogP contribution in [0.2, 0.25) is 0 Å². The van der Waals surface area contributed by atoms with Crippen LogP contribution in [-0.4, -0.2) is 49.9 Å². The standard InChI is InChI=1S/C20H22FN3O2/c1-22(16-7-3-2-4-8-16)19(25)15-20(26)24-13-11-23(12-14-24)18-10-6-5-9-17(18)21/h2-10H,11-15H2,1H3. The van der Waals surface area contributed by atoms with Crippen molar-refractivity contribution in [3.8, 4) is 0 Å². The van der Waals surface area contributed by atoms with Gasteiger partial charge in [0.05, 0.1) is 5.69 Å². The van der Waals surface area contributed by atoms with E-state index in [0.717, 1.165) is 5.69 Å². The molecule has 1 aliphatic rings. The molecule has 0 saturated carbocycles. The normalized spacial score (nSPS) is 14.2. The molecule has 0 spiro atoms. The average molecular weight is 355 g/mol. The highest BCUT2D eigenvalue weighted by molar-refractivity contribution is 6.04. The summed E-state index contributed by atoms with van der Waals surface area (Å²) < 4.78 is 13.9. The maximum Gasteiger partial charge on any atom is 0.236 e. The molecule has 5 nitrogen and oxygen atoms in total. The van der Waals surface area contributed by atoms with Crippen molar-refractivity contribution in [1.82, 2.24) is 4.90 Å². The second-order valence-corrected chi connectivity index (χ2v) is 6.28. The molecular weight excluding hydrogens is 333 g/mol. The van der Waals surface area contributed by atoms with Gasteiger partial charge in [-0.1, -0.05) is 30.3 Å². The summed E-state index contributed by atoms with van der Waals surface area (Å²) in [5, 5.41) is 0. The summed E-state index contributed by atoms with van der Waals surface area (Å²) in [5.74, 6) is -0.685. The number of hydrogen-bond acceptors (Lipinski definition) is 3. The molecule has 0 aromatic heterocycles. The fraction of sp³-hybridized carbons (Fsp3) is 0.300. The lowest BCUT2D eigenvalue weighted by atomic mass is 10.2. The molecule has 1 aliphatic heterocycles. The molecule has 2 amide bonds. The van der Waals surface area contributed by atoms with Crippen LogP contribution in [0, 0.1) is 5.82 Å². The van der Waals surface area contributed by atoms with Crippen molar-refractivity contribution in [2.75, 3.05) is 43.0 Å². The molecule has 3 rings (SSSR count). The van der Waals surface area contributed by atoms with Crippen molar-refractivity contribution in [3.63, 3.8) is 0 Å². The van der Waals surface area contributed by atoms with Crippen LogP contribution < -0.4 is 9.80 Å². The molecule has 0 aliphatic carbocycles. The Labute approximate surface area is 152 Å². The Morgan fingerprint density at radius 1 is 0.962 bits per heavy atom. The summed E-state index contributed by atoms with van der Waals surface area (Å²) in [6.07, 6.45) is -0.162. The van der Waals surface area contributed by atoms with E-state index in [2.05, 4.69) is 0 Å². The predicted octanol–water partition coefficient (Wildman–Crippen LogP) is 2.53. The summed E-state index contributed by atoms with van der Waals surface area (Å²) in [6, 6.07) is 15.9. The summed E-state index contributed by atoms with van der Waals surface area (Å²) in [5.41, 5.74) is 1.31. The maximum atomic E-state index is 13.9. The van der Waals surface area contributed by atoms with Crippen molar-refractivity contribution in [3.05, 3.63) is 60.4 Å². The summed E-state index contributed by atoms with van der Waals surface area (Å²) in [7, 11) is 1.67. The third-order valence-electron chi connectivity index (χ3n) is 4.65. The Morgan fingerprint density at radius 3 is 2.23 bits per heavy atom. The lowest BCUT2D eigenvalue weighted by Gasteiger charge is -2.36. The lowest BCUT2D eigenvalue weighted by molar-refractivity contribution is -0.135. The second kappa shape index (κ2) is 7.99. The van der Waals surface area contributed by atoms with Crippen LogP contribution in [-0.2, 0) is 9.59 Å². The van der Waals surface area contributed by atoms with Gasteiger partial charge in [-0.3, -0.25) is 9.59 Å². The van der Waals surface area contributed by atoms with Crippen LogP contribution in [0.1, 0.15) is 6.42 Å². The van der Waals surface area contributed by atoms with Crippen LogP contribution in [0.4, 0.5) is 15.8 Å². The van der Waals surface area contributed by atoms with E-state index in [1.807, 2.05) is 35.2 Å². The van der Waals surface area contributed by atoms with E-state index in [9.17, 15) is 14.0 Å². The maximum absolute atomic E-state index is 13.9. The van der Waals surface area contributed by atoms with Gasteiger partial charge >= 0.3 is 0 Å². The Bertz CT molecular complexity index is 774. The first kappa shape index (κ1) is 17.9. The molecule has 1 heterocycles. The zero-order valence-corrected chi connectivity index (χ0v) is 14.8. The number of halogens is 1. The summed E-state index contributed by atoms with van der Waals surface area (Å²) in [4.78, 5) is 29.9. The van der Waals surface area contributed by atoms with Gasteiger partial charge in [0, 0.05) is 38.9 Å². The van der Waals surface area contributed by atoms with Crippen molar-refractivity contribution in [1.29, 1.82) is 0 Å². The fourth-order valence-electron chi connectivity index (χ4n) is 3.06. The van der Waals surface area contributed by atoms with Gasteiger partial charge in [0.1, 0.15) is 12.2 Å². The molecule has 1 saturated heterocycles. The molecule has 6 heteroatoms. The van der Waals surface area contributed by atoms with Gasteiger partial charge in [0.15, 0.2) is 0 Å². The van der Waals surface area contributed by atoms with E-state index in [-0.39, 0.29) is 24.1 Å². The van der Waals surface area contributed by atoms with Gasteiger partial charge in [0.25, 0.3) is 0 Å². The van der Waals surface area contributed by atoms with Gasteiger partial charge in [-0.2, -0.15) is 0 Å². The van der Waals surface area contributed by atoms with Crippen LogP contribution >= 0.6 is 0 Å². The SMILES string of the molecule is CN(C(=O)CC(=O)N1CCN(c2ccccc2F)CC1)c1ccccc1. The third kappa shape index (κ3) is 4.02. The van der Waals surface area contributed by atoms with E-state index in [0.29, 0.717) is 31.9 Å². The second-order valence-electron chi connectivity index (χ2n) is 6.28. The van der Waals surface area contributed by atoms with Gasteiger partial charge < -0.3 is 14.7 Å². The lowest BCUT2D eigenvalue weighted by Crippen LogP contribution is -2.50. The number of anilines is 2. The fourth-order valence-corrected chi connectivity index (χ4v) is 3.06. The van der Waals surface area contributed by atoms with Gasteiger partial charge in [-0.25, -0.2) is 4.39 Å². The molecule has 2 aromatic carbocycles. The van der Waals surface area contributed by atoms with E-state index in [1.54, 1.807) is 30.1 Å². The first-order chi connectivity index (χ1) is 12.6. The number of nitrogens with zero attached hydrogens (tertiary/aromatic N) is 3. The third-order valence-corrected chi connectivity index (χ3v) is 4.65. The predicted molar refractivity (Wildman–Crippen MR) is 99.7 cm³/mol. The number of para-hydroxylation sites is 2. The van der Waals surface area contributed by atoms with E-state index in [4.69, 9.17) is 0 Å². The van der Waals surface area contributed by atoms with Crippen LogP contribution in [0.3, 0.4) is 0 Å². The zero-order chi connectivity index (χ0) is 18.5. The van der Waals surface area contributed by atoms with E-state index < -0.39 is 0 Å². The van der Waals surface area contributed by atoms with Crippen molar-refractivity contribution < 1.29 is 14.0 Å². The Morgan fingerprint density at radius 2 is 1.58 bits per heavy atom. The van der Waals surface area contributed by atoms with Crippen molar-refractivity contribution in [2.45, 2.75) is 6.42 Å². The zero-order valence-electron chi connectivity index (χ0n) is 14.8. The molecule has 0 atom stereocenters. The van der Waals surface area contributed by atoms with Crippen LogP contribution in [0.25, 0.3) is 0 Å². The molecular formula is C20H22FN3O2. The Balaban J connectivity index is 1.54. The van der Waals surface area contributed by atoms with E-state index in [1.165, 1.54) is 11.0 Å². The molecule has 0 N–H and O–H groups in total. The number of carbonyl (C=O) groups is 2. The minimum atomic E-state index is -0.257. The highest BCUT2D eigenvalue weighted by atomic mass is 19.1. The first-order valence-electron chi connectivity index (χ1n) is 8.65. The summed E-state index contributed by atoms with van der Waals surface area (Å²) in [6.45, 7) is 2.07. The van der Waals surface area contributed by atoms with E-state index >= 15 is 0 Å². The molecule has 2 aromatic rings. The largest absolute Gasteiger partial charge is 0.366 e.